The van der Waals surface area contributed by atoms with Crippen LogP contribution in [0.25, 0.3) is 0 Å². The first kappa shape index (κ1) is 12.4. The molecule has 0 saturated carbocycles. The number of rotatable bonds is 2. The number of hydrogen-bond donors (Lipinski definition) is 1. The molecule has 1 atom stereocenters. The molecule has 0 aliphatic carbocycles. The number of nitrogens with zero attached hydrogens (tertiary/aromatic N) is 2. The molecule has 0 fully saturated rings. The lowest BCUT2D eigenvalue weighted by Crippen LogP contribution is -2.09. The summed E-state index contributed by atoms with van der Waals surface area (Å²) in [4.78, 5) is 4.01. The summed E-state index contributed by atoms with van der Waals surface area (Å²) in [6.45, 7) is 0. The fourth-order valence-corrected chi connectivity index (χ4v) is 1.06. The van der Waals surface area contributed by atoms with Crippen LogP contribution in [0.15, 0.2) is 22.9 Å². The minimum atomic E-state index is -0.226. The summed E-state index contributed by atoms with van der Waals surface area (Å²) in [5.41, 5.74) is 6.57. The van der Waals surface area contributed by atoms with E-state index in [9.17, 15) is 0 Å². The zero-order chi connectivity index (χ0) is 8.97. The van der Waals surface area contributed by atoms with Crippen LogP contribution in [0, 0.1) is 11.3 Å². The predicted molar refractivity (Wildman–Crippen MR) is 56.3 cm³/mol. The molecule has 1 rings (SSSR count). The number of nitriles is 1. The van der Waals surface area contributed by atoms with Crippen LogP contribution >= 0.6 is 28.3 Å². The summed E-state index contributed by atoms with van der Waals surface area (Å²) in [6, 6.07) is 5.46. The molecular weight excluding hydrogens is 253 g/mol. The monoisotopic (exact) mass is 261 g/mol. The summed E-state index contributed by atoms with van der Waals surface area (Å²) in [7, 11) is 0. The van der Waals surface area contributed by atoms with Crippen molar-refractivity contribution in [3.05, 3.63) is 28.5 Å². The maximum absolute atomic E-state index is 8.39. The van der Waals surface area contributed by atoms with Gasteiger partial charge < -0.3 is 5.73 Å². The van der Waals surface area contributed by atoms with E-state index in [0.717, 1.165) is 10.2 Å². The Hall–Kier alpha value is -0.630. The van der Waals surface area contributed by atoms with Crippen LogP contribution in [0.3, 0.4) is 0 Å². The molecule has 1 heterocycles. The molecule has 1 aromatic rings. The van der Waals surface area contributed by atoms with Gasteiger partial charge in [-0.05, 0) is 27.6 Å². The molecule has 5 heteroatoms. The molecule has 13 heavy (non-hydrogen) atoms. The average Bonchev–Trinajstić information content (AvgIpc) is 2.06. The first-order chi connectivity index (χ1) is 5.74. The van der Waals surface area contributed by atoms with E-state index in [1.807, 2.05) is 18.2 Å². The third kappa shape index (κ3) is 3.73. The Balaban J connectivity index is 0.00000144. The number of pyridine rings is 1. The van der Waals surface area contributed by atoms with Gasteiger partial charge in [-0.3, -0.25) is 0 Å². The van der Waals surface area contributed by atoms with E-state index in [0.29, 0.717) is 6.42 Å². The van der Waals surface area contributed by atoms with Crippen LogP contribution in [0.4, 0.5) is 0 Å². The van der Waals surface area contributed by atoms with Crippen LogP contribution in [0.1, 0.15) is 18.0 Å². The Kier molecular flexibility index (Phi) is 5.63. The van der Waals surface area contributed by atoms with E-state index >= 15 is 0 Å². The third-order valence-corrected chi connectivity index (χ3v) is 1.96. The zero-order valence-electron chi connectivity index (χ0n) is 6.77. The topological polar surface area (TPSA) is 62.7 Å². The Morgan fingerprint density at radius 3 is 2.77 bits per heavy atom. The van der Waals surface area contributed by atoms with Crippen molar-refractivity contribution >= 4 is 28.3 Å². The fraction of sp³-hybridized carbons (Fsp3) is 0.250. The van der Waals surface area contributed by atoms with Crippen LogP contribution in [-0.4, -0.2) is 4.98 Å². The second-order valence-electron chi connectivity index (χ2n) is 2.38. The van der Waals surface area contributed by atoms with Crippen LogP contribution in [-0.2, 0) is 0 Å². The van der Waals surface area contributed by atoms with Gasteiger partial charge in [0.25, 0.3) is 0 Å². The van der Waals surface area contributed by atoms with E-state index in [1.165, 1.54) is 0 Å². The van der Waals surface area contributed by atoms with Gasteiger partial charge in [0.05, 0.1) is 12.5 Å². The van der Waals surface area contributed by atoms with E-state index in [1.54, 1.807) is 6.20 Å². The van der Waals surface area contributed by atoms with Gasteiger partial charge in [0.2, 0.25) is 0 Å². The lowest BCUT2D eigenvalue weighted by molar-refractivity contribution is 0.743. The van der Waals surface area contributed by atoms with Crippen molar-refractivity contribution < 1.29 is 0 Å². The smallest absolute Gasteiger partial charge is 0.106 e. The highest BCUT2D eigenvalue weighted by Gasteiger charge is 2.04. The summed E-state index contributed by atoms with van der Waals surface area (Å²) in [5.74, 6) is 0. The maximum Gasteiger partial charge on any atom is 0.106 e. The van der Waals surface area contributed by atoms with E-state index < -0.39 is 0 Å². The Bertz CT molecular complexity index is 293. The van der Waals surface area contributed by atoms with Crippen molar-refractivity contribution in [3.63, 3.8) is 0 Å². The SMILES string of the molecule is Cl.N#CC[C@@H](N)c1ccc(Br)nc1. The first-order valence-corrected chi connectivity index (χ1v) is 4.27. The zero-order valence-corrected chi connectivity index (χ0v) is 9.18. The average molecular weight is 263 g/mol. The molecule has 3 nitrogen and oxygen atoms in total. The largest absolute Gasteiger partial charge is 0.323 e. The quantitative estimate of drug-likeness (QED) is 0.831. The van der Waals surface area contributed by atoms with E-state index in [2.05, 4.69) is 20.9 Å². The second kappa shape index (κ2) is 5.92. The molecule has 0 spiro atoms. The van der Waals surface area contributed by atoms with Crippen molar-refractivity contribution in [2.45, 2.75) is 12.5 Å². The van der Waals surface area contributed by atoms with Gasteiger partial charge in [-0.2, -0.15) is 5.26 Å². The van der Waals surface area contributed by atoms with Gasteiger partial charge >= 0.3 is 0 Å². The van der Waals surface area contributed by atoms with Gasteiger partial charge in [-0.15, -0.1) is 12.4 Å². The van der Waals surface area contributed by atoms with E-state index in [-0.39, 0.29) is 18.4 Å². The Morgan fingerprint density at radius 1 is 1.62 bits per heavy atom. The molecule has 0 aliphatic heterocycles. The number of nitrogens with two attached hydrogens (primary N) is 1. The standard InChI is InChI=1S/C8H8BrN3.ClH/c9-8-2-1-6(5-12-8)7(11)3-4-10;/h1-2,5,7H,3,11H2;1H/t7-;/m1./s1. The predicted octanol–water partition coefficient (Wildman–Crippen LogP) is 2.18. The lowest BCUT2D eigenvalue weighted by atomic mass is 10.1. The summed E-state index contributed by atoms with van der Waals surface area (Å²) >= 11 is 3.22. The highest BCUT2D eigenvalue weighted by atomic mass is 79.9. The summed E-state index contributed by atoms with van der Waals surface area (Å²) in [6.07, 6.45) is 2.00. The summed E-state index contributed by atoms with van der Waals surface area (Å²) < 4.78 is 0.774. The van der Waals surface area contributed by atoms with Gasteiger partial charge in [-0.1, -0.05) is 6.07 Å². The molecule has 0 radical (unpaired) electrons. The minimum Gasteiger partial charge on any atom is -0.323 e. The van der Waals surface area contributed by atoms with Gasteiger partial charge in [0, 0.05) is 12.2 Å². The van der Waals surface area contributed by atoms with Crippen LogP contribution in [0.2, 0.25) is 0 Å². The second-order valence-corrected chi connectivity index (χ2v) is 3.20. The summed E-state index contributed by atoms with van der Waals surface area (Å²) in [5, 5.41) is 8.39. The van der Waals surface area contributed by atoms with Crippen LogP contribution in [0.5, 0.6) is 0 Å². The maximum atomic E-state index is 8.39. The molecule has 2 N–H and O–H groups in total. The first-order valence-electron chi connectivity index (χ1n) is 3.48. The molecule has 0 saturated heterocycles. The molecule has 0 amide bonds. The van der Waals surface area contributed by atoms with Crippen molar-refractivity contribution in [3.8, 4) is 6.07 Å². The lowest BCUT2D eigenvalue weighted by Gasteiger charge is -2.05. The van der Waals surface area contributed by atoms with Crippen molar-refractivity contribution in [1.29, 1.82) is 5.26 Å². The fourth-order valence-electron chi connectivity index (χ4n) is 0.823. The molecule has 0 unspecified atom stereocenters. The number of aromatic nitrogens is 1. The molecule has 0 bridgehead atoms. The van der Waals surface area contributed by atoms with Gasteiger partial charge in [0.1, 0.15) is 4.60 Å². The number of halogens is 2. The molecule has 70 valence electrons. The van der Waals surface area contributed by atoms with Crippen molar-refractivity contribution in [1.82, 2.24) is 4.98 Å². The van der Waals surface area contributed by atoms with Gasteiger partial charge in [-0.25, -0.2) is 4.98 Å². The number of hydrogen-bond acceptors (Lipinski definition) is 3. The Morgan fingerprint density at radius 2 is 2.31 bits per heavy atom. The normalized spacial score (nSPS) is 11.2. The molecule has 0 aromatic carbocycles. The molecule has 1 aromatic heterocycles. The third-order valence-electron chi connectivity index (χ3n) is 1.49. The Labute approximate surface area is 91.5 Å². The highest BCUT2D eigenvalue weighted by Crippen LogP contribution is 2.14. The van der Waals surface area contributed by atoms with Gasteiger partial charge in [0.15, 0.2) is 0 Å². The molecular formula is C8H9BrClN3. The minimum absolute atomic E-state index is 0. The van der Waals surface area contributed by atoms with Crippen LogP contribution < -0.4 is 5.73 Å². The highest BCUT2D eigenvalue weighted by molar-refractivity contribution is 9.10. The van der Waals surface area contributed by atoms with Crippen molar-refractivity contribution in [2.24, 2.45) is 5.73 Å². The molecule has 0 aliphatic rings. The van der Waals surface area contributed by atoms with Crippen molar-refractivity contribution in [2.75, 3.05) is 0 Å². The van der Waals surface area contributed by atoms with E-state index in [4.69, 9.17) is 11.0 Å².